The van der Waals surface area contributed by atoms with Crippen LogP contribution in [-0.4, -0.2) is 98.5 Å². The first kappa shape index (κ1) is 37.0. The fourth-order valence-corrected chi connectivity index (χ4v) is 3.60. The molecule has 0 bridgehead atoms. The Bertz CT molecular complexity index is 739. The summed E-state index contributed by atoms with van der Waals surface area (Å²) in [5.41, 5.74) is 1.75. The van der Waals surface area contributed by atoms with E-state index in [2.05, 4.69) is 25.6 Å². The van der Waals surface area contributed by atoms with E-state index >= 15 is 0 Å². The molecule has 0 amide bonds. The number of esters is 1. The molecule has 0 radical (unpaired) electrons. The number of aryl methyl sites for hydroxylation is 1. The number of hydrogen-bond donors (Lipinski definition) is 0. The molecule has 1 aromatic carbocycles. The third-order valence-corrected chi connectivity index (χ3v) is 5.91. The minimum atomic E-state index is -0.406. The molecule has 0 spiro atoms. The summed E-state index contributed by atoms with van der Waals surface area (Å²) in [7, 11) is 0. The lowest BCUT2D eigenvalue weighted by Gasteiger charge is -2.09. The number of carbonyl (C=O) groups excluding carboxylic acids is 1. The van der Waals surface area contributed by atoms with Crippen molar-refractivity contribution in [3.8, 4) is 5.75 Å². The lowest BCUT2D eigenvalue weighted by Crippen LogP contribution is -2.15. The quantitative estimate of drug-likeness (QED) is 0.0691. The van der Waals surface area contributed by atoms with Crippen LogP contribution in [0, 0.1) is 0 Å². The molecule has 1 aromatic rings. The summed E-state index contributed by atoms with van der Waals surface area (Å²) in [5, 5.41) is 0. The Morgan fingerprint density at radius 2 is 1.00 bits per heavy atom. The topological polar surface area (TPSA) is 90.9 Å². The van der Waals surface area contributed by atoms with Gasteiger partial charge >= 0.3 is 5.97 Å². The number of unbranched alkanes of at least 4 members (excludes halogenated alkanes) is 5. The van der Waals surface area contributed by atoms with Crippen LogP contribution in [0.1, 0.15) is 57.9 Å². The number of rotatable bonds is 30. The number of ether oxygens (including phenoxy) is 8. The molecule has 0 saturated carbocycles. The molecule has 41 heavy (non-hydrogen) atoms. The Labute approximate surface area is 247 Å². The van der Waals surface area contributed by atoms with Gasteiger partial charge < -0.3 is 37.9 Å². The van der Waals surface area contributed by atoms with Gasteiger partial charge in [0.15, 0.2) is 0 Å². The summed E-state index contributed by atoms with van der Waals surface area (Å²) in [5.74, 6) is 0.475. The molecule has 0 aliphatic carbocycles. The molecule has 0 atom stereocenters. The van der Waals surface area contributed by atoms with Crippen molar-refractivity contribution in [3.63, 3.8) is 0 Å². The first-order valence-electron chi connectivity index (χ1n) is 15.1. The summed E-state index contributed by atoms with van der Waals surface area (Å²) in [6.45, 7) is 13.9. The van der Waals surface area contributed by atoms with Crippen LogP contribution in [-0.2, 0) is 44.4 Å². The largest absolute Gasteiger partial charge is 0.491 e. The van der Waals surface area contributed by atoms with Gasteiger partial charge in [-0.2, -0.15) is 0 Å². The van der Waals surface area contributed by atoms with Crippen LogP contribution in [0.5, 0.6) is 5.75 Å². The highest BCUT2D eigenvalue weighted by Crippen LogP contribution is 2.15. The second-order valence-electron chi connectivity index (χ2n) is 9.60. The van der Waals surface area contributed by atoms with Crippen LogP contribution in [0.4, 0.5) is 0 Å². The highest BCUT2D eigenvalue weighted by molar-refractivity contribution is 5.86. The first-order chi connectivity index (χ1) is 20.1. The zero-order chi connectivity index (χ0) is 29.6. The van der Waals surface area contributed by atoms with Crippen molar-refractivity contribution in [1.29, 1.82) is 0 Å². The second kappa shape index (κ2) is 28.1. The molecular weight excluding hydrogens is 528 g/mol. The van der Waals surface area contributed by atoms with E-state index < -0.39 is 5.97 Å². The molecule has 0 N–H and O–H groups in total. The summed E-state index contributed by atoms with van der Waals surface area (Å²) in [4.78, 5) is 11.2. The Morgan fingerprint density at radius 3 is 1.46 bits per heavy atom. The molecule has 0 aromatic heterocycles. The lowest BCUT2D eigenvalue weighted by molar-refractivity contribution is -0.140. The summed E-state index contributed by atoms with van der Waals surface area (Å²) in [6, 6.07) is 8.41. The van der Waals surface area contributed by atoms with Gasteiger partial charge in [0, 0.05) is 5.57 Å². The third-order valence-electron chi connectivity index (χ3n) is 5.91. The first-order valence-corrected chi connectivity index (χ1v) is 15.1. The van der Waals surface area contributed by atoms with Crippen molar-refractivity contribution in [2.75, 3.05) is 92.5 Å². The van der Waals surface area contributed by atoms with Crippen LogP contribution in [0.25, 0.3) is 0 Å². The maximum absolute atomic E-state index is 11.2. The molecule has 0 fully saturated rings. The van der Waals surface area contributed by atoms with Gasteiger partial charge in [0.25, 0.3) is 0 Å². The van der Waals surface area contributed by atoms with Crippen LogP contribution >= 0.6 is 0 Å². The fraction of sp³-hybridized carbons (Fsp3) is 0.719. The maximum Gasteiger partial charge on any atom is 0.333 e. The van der Waals surface area contributed by atoms with Gasteiger partial charge in [0.1, 0.15) is 19.0 Å². The Kier molecular flexibility index (Phi) is 25.4. The minimum Gasteiger partial charge on any atom is -0.491 e. The highest BCUT2D eigenvalue weighted by Gasteiger charge is 2.02. The van der Waals surface area contributed by atoms with Gasteiger partial charge in [0.05, 0.1) is 79.3 Å². The van der Waals surface area contributed by atoms with E-state index in [0.717, 1.165) is 12.2 Å². The van der Waals surface area contributed by atoms with Crippen LogP contribution < -0.4 is 4.74 Å². The summed E-state index contributed by atoms with van der Waals surface area (Å²) >= 11 is 0. The molecule has 0 unspecified atom stereocenters. The molecule has 1 rings (SSSR count). The van der Waals surface area contributed by atoms with E-state index in [1.54, 1.807) is 6.92 Å². The molecule has 0 aliphatic rings. The number of hydrogen-bond acceptors (Lipinski definition) is 9. The monoisotopic (exact) mass is 582 g/mol. The van der Waals surface area contributed by atoms with E-state index in [1.807, 2.05) is 12.1 Å². The van der Waals surface area contributed by atoms with E-state index in [9.17, 15) is 4.79 Å². The van der Waals surface area contributed by atoms with Crippen molar-refractivity contribution in [1.82, 2.24) is 0 Å². The van der Waals surface area contributed by atoms with Crippen LogP contribution in [0.3, 0.4) is 0 Å². The van der Waals surface area contributed by atoms with Crippen LogP contribution in [0.15, 0.2) is 36.4 Å². The Morgan fingerprint density at radius 1 is 0.585 bits per heavy atom. The average Bonchev–Trinajstić information content (AvgIpc) is 2.98. The minimum absolute atomic E-state index is 0.207. The average molecular weight is 583 g/mol. The predicted molar refractivity (Wildman–Crippen MR) is 160 cm³/mol. The molecular formula is C32H54O9. The lowest BCUT2D eigenvalue weighted by atomic mass is 10.0. The molecule has 236 valence electrons. The van der Waals surface area contributed by atoms with Crippen molar-refractivity contribution in [3.05, 3.63) is 42.0 Å². The Balaban J connectivity index is 1.76. The van der Waals surface area contributed by atoms with Gasteiger partial charge in [-0.05, 0) is 37.5 Å². The van der Waals surface area contributed by atoms with Crippen LogP contribution in [0.2, 0.25) is 0 Å². The zero-order valence-electron chi connectivity index (χ0n) is 25.5. The van der Waals surface area contributed by atoms with Crippen molar-refractivity contribution in [2.45, 2.75) is 58.8 Å². The molecule has 0 saturated heterocycles. The third kappa shape index (κ3) is 24.3. The smallest absolute Gasteiger partial charge is 0.333 e. The molecule has 0 aliphatic heterocycles. The highest BCUT2D eigenvalue weighted by atomic mass is 16.6. The SMILES string of the molecule is C=C(C)C(=O)OCCOCCOCCOCCOCCOCCOCCOc1ccc(CCCCCCCC)cc1. The second-order valence-corrected chi connectivity index (χ2v) is 9.60. The van der Waals surface area contributed by atoms with Gasteiger partial charge in [0.2, 0.25) is 0 Å². The normalized spacial score (nSPS) is 11.1. The van der Waals surface area contributed by atoms with E-state index in [0.29, 0.717) is 91.5 Å². The molecule has 9 nitrogen and oxygen atoms in total. The number of benzene rings is 1. The fourth-order valence-electron chi connectivity index (χ4n) is 3.60. The van der Waals surface area contributed by atoms with E-state index in [4.69, 9.17) is 37.9 Å². The maximum atomic E-state index is 11.2. The van der Waals surface area contributed by atoms with Gasteiger partial charge in [-0.3, -0.25) is 0 Å². The van der Waals surface area contributed by atoms with Crippen molar-refractivity contribution < 1.29 is 42.7 Å². The molecule has 0 heterocycles. The van der Waals surface area contributed by atoms with Crippen molar-refractivity contribution >= 4 is 5.97 Å². The van der Waals surface area contributed by atoms with Crippen molar-refractivity contribution in [2.24, 2.45) is 0 Å². The van der Waals surface area contributed by atoms with Gasteiger partial charge in [-0.15, -0.1) is 0 Å². The van der Waals surface area contributed by atoms with E-state index in [-0.39, 0.29) is 6.61 Å². The van der Waals surface area contributed by atoms with E-state index in [1.165, 1.54) is 44.1 Å². The summed E-state index contributed by atoms with van der Waals surface area (Å²) in [6.07, 6.45) is 9.08. The van der Waals surface area contributed by atoms with Gasteiger partial charge in [-0.1, -0.05) is 57.7 Å². The number of carbonyl (C=O) groups is 1. The standard InChI is InChI=1S/C32H54O9/c1-4-5-6-7-8-9-10-30-11-13-31(14-12-30)40-27-25-38-23-21-36-19-17-34-15-16-35-18-20-37-22-24-39-26-28-41-32(33)29(2)3/h11-14H,2,4-10,15-28H2,1,3H3. The summed E-state index contributed by atoms with van der Waals surface area (Å²) < 4.78 is 43.4. The predicted octanol–water partition coefficient (Wildman–Crippen LogP) is 5.19. The Hall–Kier alpha value is -2.01. The van der Waals surface area contributed by atoms with Gasteiger partial charge in [-0.25, -0.2) is 4.79 Å². The zero-order valence-corrected chi connectivity index (χ0v) is 25.5. The molecule has 9 heteroatoms.